The van der Waals surface area contributed by atoms with E-state index < -0.39 is 16.1 Å². The molecule has 0 aliphatic heterocycles. The molecule has 4 nitrogen and oxygen atoms in total. The minimum atomic E-state index is -2.51. The van der Waals surface area contributed by atoms with Crippen LogP contribution in [0.4, 0.5) is 0 Å². The molecule has 0 amide bonds. The van der Waals surface area contributed by atoms with E-state index in [0.717, 1.165) is 0 Å². The summed E-state index contributed by atoms with van der Waals surface area (Å²) in [5, 5.41) is 0. The van der Waals surface area contributed by atoms with Crippen molar-refractivity contribution in [2.75, 3.05) is 12.3 Å². The van der Waals surface area contributed by atoms with Gasteiger partial charge in [-0.25, -0.2) is 0 Å². The standard InChI is InChI=1S/C2H8O4P2.Ca.2H/c3-7(4)1-2-8(5)6;;;/h7-8H,1-2H2,(H,3,4)(H,5,6);;;. The summed E-state index contributed by atoms with van der Waals surface area (Å²) in [7, 11) is -5.03. The van der Waals surface area contributed by atoms with Gasteiger partial charge in [0.2, 0.25) is 0 Å². The minimum absolute atomic E-state index is 0. The molecule has 0 radical (unpaired) electrons. The van der Waals surface area contributed by atoms with Crippen molar-refractivity contribution in [3.05, 3.63) is 0 Å². The molecule has 0 saturated carbocycles. The van der Waals surface area contributed by atoms with Crippen molar-refractivity contribution in [1.82, 2.24) is 0 Å². The average Bonchev–Trinajstić information content (AvgIpc) is 1.61. The van der Waals surface area contributed by atoms with Crippen LogP contribution in [-0.4, -0.2) is 59.8 Å². The molecule has 0 fully saturated rings. The normalized spacial score (nSPS) is 15.8. The van der Waals surface area contributed by atoms with Crippen LogP contribution in [0, 0.1) is 0 Å². The van der Waals surface area contributed by atoms with Crippen molar-refractivity contribution in [2.45, 2.75) is 0 Å². The van der Waals surface area contributed by atoms with Gasteiger partial charge in [0, 0.05) is 12.3 Å². The second-order valence-electron chi connectivity index (χ2n) is 1.29. The summed E-state index contributed by atoms with van der Waals surface area (Å²) in [6, 6.07) is 0. The van der Waals surface area contributed by atoms with Crippen LogP contribution in [-0.2, 0) is 9.13 Å². The summed E-state index contributed by atoms with van der Waals surface area (Å²) >= 11 is 0. The van der Waals surface area contributed by atoms with Gasteiger partial charge in [0.05, 0.1) is 0 Å². The van der Waals surface area contributed by atoms with Crippen molar-refractivity contribution in [1.29, 1.82) is 0 Å². The van der Waals surface area contributed by atoms with Crippen molar-refractivity contribution in [2.24, 2.45) is 0 Å². The quantitative estimate of drug-likeness (QED) is 0.453. The summed E-state index contributed by atoms with van der Waals surface area (Å²) in [5.74, 6) is 0. The molecule has 0 saturated heterocycles. The number of hydrogen-bond acceptors (Lipinski definition) is 2. The molecule has 0 heterocycles. The Labute approximate surface area is 84.4 Å². The first-order valence-electron chi connectivity index (χ1n) is 2.06. The third-order valence-corrected chi connectivity index (χ3v) is 2.41. The zero-order valence-electron chi connectivity index (χ0n) is 4.13. The van der Waals surface area contributed by atoms with Gasteiger partial charge >= 0.3 is 37.7 Å². The molecule has 0 aromatic carbocycles. The van der Waals surface area contributed by atoms with Crippen molar-refractivity contribution in [3.8, 4) is 0 Å². The fourth-order valence-electron chi connectivity index (χ4n) is 0.214. The Balaban J connectivity index is 0. The van der Waals surface area contributed by atoms with Crippen LogP contribution in [0.3, 0.4) is 0 Å². The van der Waals surface area contributed by atoms with Gasteiger partial charge < -0.3 is 9.79 Å². The van der Waals surface area contributed by atoms with Crippen molar-refractivity contribution >= 4 is 53.8 Å². The molecule has 2 atom stereocenters. The SMILES string of the molecule is O=[PH](O)CC[PH](=O)O.[CaH2]. The van der Waals surface area contributed by atoms with Crippen LogP contribution < -0.4 is 0 Å². The van der Waals surface area contributed by atoms with Gasteiger partial charge in [0.15, 0.2) is 16.1 Å². The first-order valence-corrected chi connectivity index (χ1v) is 5.19. The van der Waals surface area contributed by atoms with E-state index in [2.05, 4.69) is 0 Å². The third-order valence-electron chi connectivity index (χ3n) is 0.553. The van der Waals surface area contributed by atoms with Gasteiger partial charge in [-0.2, -0.15) is 0 Å². The van der Waals surface area contributed by atoms with Crippen LogP contribution in [0.5, 0.6) is 0 Å². The molecule has 7 heteroatoms. The monoisotopic (exact) mass is 200 g/mol. The molecule has 0 aliphatic rings. The fraction of sp³-hybridized carbons (Fsp3) is 1.00. The van der Waals surface area contributed by atoms with Crippen LogP contribution in [0.15, 0.2) is 0 Å². The van der Waals surface area contributed by atoms with Gasteiger partial charge in [0.1, 0.15) is 0 Å². The maximum atomic E-state index is 9.86. The summed E-state index contributed by atoms with van der Waals surface area (Å²) in [4.78, 5) is 16.2. The van der Waals surface area contributed by atoms with Gasteiger partial charge in [0.25, 0.3) is 0 Å². The topological polar surface area (TPSA) is 74.6 Å². The molecule has 54 valence electrons. The molecular weight excluding hydrogens is 190 g/mol. The molecule has 0 rings (SSSR count). The van der Waals surface area contributed by atoms with Crippen LogP contribution in [0.1, 0.15) is 0 Å². The van der Waals surface area contributed by atoms with Crippen molar-refractivity contribution < 1.29 is 18.9 Å². The Kier molecular flexibility index (Phi) is 11.4. The Bertz CT molecular complexity index is 101. The van der Waals surface area contributed by atoms with Gasteiger partial charge in [-0.05, 0) is 0 Å². The molecule has 0 aromatic rings. The molecule has 9 heavy (non-hydrogen) atoms. The first-order chi connectivity index (χ1) is 3.63. The van der Waals surface area contributed by atoms with E-state index in [0.29, 0.717) is 0 Å². The fourth-order valence-corrected chi connectivity index (χ4v) is 1.92. The second-order valence-corrected chi connectivity index (χ2v) is 3.86. The zero-order valence-corrected chi connectivity index (χ0v) is 6.13. The summed E-state index contributed by atoms with van der Waals surface area (Å²) < 4.78 is 19.7. The van der Waals surface area contributed by atoms with Gasteiger partial charge in [-0.3, -0.25) is 9.13 Å². The molecule has 0 aromatic heterocycles. The second kappa shape index (κ2) is 7.74. The molecular formula is C2H10CaO4P2. The van der Waals surface area contributed by atoms with Crippen molar-refractivity contribution in [3.63, 3.8) is 0 Å². The number of hydrogen-bond donors (Lipinski definition) is 2. The Morgan fingerprint density at radius 3 is 1.33 bits per heavy atom. The molecule has 0 bridgehead atoms. The summed E-state index contributed by atoms with van der Waals surface area (Å²) in [6.07, 6.45) is -0.0576. The van der Waals surface area contributed by atoms with E-state index in [1.165, 1.54) is 0 Å². The van der Waals surface area contributed by atoms with Crippen LogP contribution in [0.25, 0.3) is 0 Å². The Morgan fingerprint density at radius 1 is 1.00 bits per heavy atom. The zero-order chi connectivity index (χ0) is 6.57. The van der Waals surface area contributed by atoms with E-state index in [4.69, 9.17) is 9.79 Å². The molecule has 2 N–H and O–H groups in total. The van der Waals surface area contributed by atoms with Crippen LogP contribution >= 0.6 is 16.1 Å². The van der Waals surface area contributed by atoms with Gasteiger partial charge in [-0.15, -0.1) is 0 Å². The average molecular weight is 200 g/mol. The molecule has 0 spiro atoms. The third kappa shape index (κ3) is 12.8. The summed E-state index contributed by atoms with van der Waals surface area (Å²) in [5.41, 5.74) is 0. The van der Waals surface area contributed by atoms with E-state index in [1.54, 1.807) is 0 Å². The maximum absolute atomic E-state index is 9.86. The Hall–Kier alpha value is 1.64. The predicted molar refractivity (Wildman–Crippen MR) is 40.7 cm³/mol. The van der Waals surface area contributed by atoms with Crippen LogP contribution in [0.2, 0.25) is 0 Å². The number of rotatable bonds is 3. The van der Waals surface area contributed by atoms with Gasteiger partial charge in [-0.1, -0.05) is 0 Å². The van der Waals surface area contributed by atoms with E-state index in [-0.39, 0.29) is 50.1 Å². The molecule has 2 unspecified atom stereocenters. The first kappa shape index (κ1) is 13.2. The predicted octanol–water partition coefficient (Wildman–Crippen LogP) is -0.996. The van der Waals surface area contributed by atoms with E-state index >= 15 is 0 Å². The van der Waals surface area contributed by atoms with E-state index in [9.17, 15) is 9.13 Å². The summed E-state index contributed by atoms with van der Waals surface area (Å²) in [6.45, 7) is 0. The Morgan fingerprint density at radius 2 is 1.22 bits per heavy atom. The molecule has 0 aliphatic carbocycles. The van der Waals surface area contributed by atoms with E-state index in [1.807, 2.05) is 0 Å².